The van der Waals surface area contributed by atoms with Crippen molar-refractivity contribution in [2.45, 2.75) is 103 Å². The Bertz CT molecular complexity index is 2070. The molecule has 2 saturated heterocycles. The van der Waals surface area contributed by atoms with Crippen molar-refractivity contribution in [2.24, 2.45) is 5.92 Å². The van der Waals surface area contributed by atoms with Gasteiger partial charge in [0.25, 0.3) is 0 Å². The van der Waals surface area contributed by atoms with Crippen molar-refractivity contribution in [2.75, 3.05) is 6.54 Å². The Labute approximate surface area is 290 Å². The van der Waals surface area contributed by atoms with E-state index in [0.717, 1.165) is 66.3 Å². The van der Waals surface area contributed by atoms with Gasteiger partial charge in [0.05, 0.1) is 35.9 Å². The topological polar surface area (TPSA) is 116 Å². The van der Waals surface area contributed by atoms with Crippen molar-refractivity contribution in [3.8, 4) is 22.5 Å². The standard InChI is InChI=1S/C38H44N6O4S/c1-37(2,3)47-35(45)43-15-7-8-29(43)33-39-19-27(41-33)21-10-13-25-26-14-11-22(18-31(26)49-30(25)17-21)28-20-40-34(42-28)32-23-9-12-24(16-23)44(32)36(46)48-38(4,5)6/h10-11,13-14,17-20,23-24,29,32H,7-9,12,15-16H2,1-6H3,(H,39,41)(H,40,42)/t23-,24-,29+,32+/m1/s1. The van der Waals surface area contributed by atoms with Crippen LogP contribution in [0.2, 0.25) is 0 Å². The highest BCUT2D eigenvalue weighted by molar-refractivity contribution is 7.25. The molecule has 0 radical (unpaired) electrons. The Hall–Kier alpha value is -4.38. The fraction of sp³-hybridized carbons (Fsp3) is 0.474. The van der Waals surface area contributed by atoms with Gasteiger partial charge in [-0.2, -0.15) is 0 Å². The number of aromatic nitrogens is 4. The summed E-state index contributed by atoms with van der Waals surface area (Å²) in [4.78, 5) is 46.4. The number of H-pyrrole nitrogens is 2. The van der Waals surface area contributed by atoms with Crippen molar-refractivity contribution in [3.63, 3.8) is 0 Å². The number of benzene rings is 2. The first-order chi connectivity index (χ1) is 23.3. The van der Waals surface area contributed by atoms with Crippen LogP contribution in [0.15, 0.2) is 48.8 Å². The van der Waals surface area contributed by atoms with Crippen LogP contribution < -0.4 is 0 Å². The maximum Gasteiger partial charge on any atom is 0.411 e. The highest BCUT2D eigenvalue weighted by Crippen LogP contribution is 2.50. The number of carbonyl (C=O) groups is 2. The fourth-order valence-corrected chi connectivity index (χ4v) is 9.09. The molecule has 49 heavy (non-hydrogen) atoms. The van der Waals surface area contributed by atoms with E-state index < -0.39 is 11.2 Å². The van der Waals surface area contributed by atoms with Gasteiger partial charge in [0.15, 0.2) is 0 Å². The van der Waals surface area contributed by atoms with E-state index in [1.54, 1.807) is 16.2 Å². The molecule has 3 aliphatic rings. The normalized spacial score (nSPS) is 22.5. The number of carbonyl (C=O) groups excluding carboxylic acids is 2. The summed E-state index contributed by atoms with van der Waals surface area (Å²) in [5.41, 5.74) is 2.91. The zero-order valence-corrected chi connectivity index (χ0v) is 29.8. The lowest BCUT2D eigenvalue weighted by molar-refractivity contribution is 0.00613. The van der Waals surface area contributed by atoms with Crippen molar-refractivity contribution in [3.05, 3.63) is 60.4 Å². The highest BCUT2D eigenvalue weighted by atomic mass is 32.1. The largest absolute Gasteiger partial charge is 0.444 e. The first-order valence-corrected chi connectivity index (χ1v) is 18.2. The predicted octanol–water partition coefficient (Wildman–Crippen LogP) is 9.37. The van der Waals surface area contributed by atoms with Crippen LogP contribution in [0, 0.1) is 5.92 Å². The molecule has 11 heteroatoms. The quantitative estimate of drug-likeness (QED) is 0.195. The summed E-state index contributed by atoms with van der Waals surface area (Å²) in [5, 5.41) is 2.42. The number of amides is 2. The minimum Gasteiger partial charge on any atom is -0.444 e. The summed E-state index contributed by atoms with van der Waals surface area (Å²) in [7, 11) is 0. The summed E-state index contributed by atoms with van der Waals surface area (Å²) in [6.07, 6.45) is 8.11. The maximum atomic E-state index is 13.2. The van der Waals surface area contributed by atoms with E-state index in [1.165, 1.54) is 20.2 Å². The number of rotatable bonds is 4. The van der Waals surface area contributed by atoms with E-state index in [1.807, 2.05) is 58.8 Å². The number of imidazole rings is 2. The molecule has 0 spiro atoms. The number of piperidine rings is 1. The smallest absolute Gasteiger partial charge is 0.411 e. The van der Waals surface area contributed by atoms with Gasteiger partial charge in [-0.15, -0.1) is 11.3 Å². The van der Waals surface area contributed by atoms with E-state index in [4.69, 9.17) is 19.4 Å². The van der Waals surface area contributed by atoms with Gasteiger partial charge in [-0.05, 0) is 91.7 Å². The maximum absolute atomic E-state index is 13.2. The number of nitrogens with one attached hydrogen (secondary N) is 2. The number of likely N-dealkylation sites (tertiary alicyclic amines) is 2. The Morgan fingerprint density at radius 2 is 1.39 bits per heavy atom. The van der Waals surface area contributed by atoms with E-state index in [9.17, 15) is 9.59 Å². The van der Waals surface area contributed by atoms with Gasteiger partial charge in [0.1, 0.15) is 22.9 Å². The number of ether oxygens (including phenoxy) is 2. The predicted molar refractivity (Wildman–Crippen MR) is 191 cm³/mol. The monoisotopic (exact) mass is 680 g/mol. The van der Waals surface area contributed by atoms with Gasteiger partial charge in [-0.3, -0.25) is 9.80 Å². The molecule has 256 valence electrons. The SMILES string of the molecule is CC(C)(C)OC(=O)N1CCC[C@H]1c1ncc(-c2ccc3c(c2)sc2cc(-c4cnc([C@@H]5[C@@H]6CC[C@H](C6)N5C(=O)OC(C)(C)C)[nH]4)ccc23)[nH]1. The van der Waals surface area contributed by atoms with Crippen molar-refractivity contribution >= 4 is 43.7 Å². The zero-order chi connectivity index (χ0) is 34.2. The van der Waals surface area contributed by atoms with E-state index >= 15 is 0 Å². The molecule has 5 heterocycles. The minimum absolute atomic E-state index is 0.0918. The van der Waals surface area contributed by atoms with Crippen molar-refractivity contribution < 1.29 is 19.1 Å². The molecule has 5 aromatic rings. The average Bonchev–Trinajstić information content (AvgIpc) is 3.87. The Morgan fingerprint density at radius 1 is 0.796 bits per heavy atom. The number of fused-ring (bicyclic) bond motifs is 5. The third-order valence-corrected chi connectivity index (χ3v) is 11.1. The van der Waals surface area contributed by atoms with Gasteiger partial charge in [0.2, 0.25) is 0 Å². The van der Waals surface area contributed by atoms with Crippen LogP contribution >= 0.6 is 11.3 Å². The molecule has 2 bridgehead atoms. The Balaban J connectivity index is 1.03. The molecule has 4 atom stereocenters. The van der Waals surface area contributed by atoms with Crippen LogP contribution in [-0.4, -0.2) is 65.7 Å². The summed E-state index contributed by atoms with van der Waals surface area (Å²) >= 11 is 1.77. The van der Waals surface area contributed by atoms with Crippen LogP contribution in [0.5, 0.6) is 0 Å². The van der Waals surface area contributed by atoms with Crippen molar-refractivity contribution in [1.29, 1.82) is 0 Å². The zero-order valence-electron chi connectivity index (χ0n) is 29.0. The lowest BCUT2D eigenvalue weighted by Gasteiger charge is -2.35. The second kappa shape index (κ2) is 11.6. The summed E-state index contributed by atoms with van der Waals surface area (Å²) in [5.74, 6) is 2.02. The van der Waals surface area contributed by atoms with Crippen LogP contribution in [-0.2, 0) is 9.47 Å². The molecule has 8 rings (SSSR count). The van der Waals surface area contributed by atoms with Gasteiger partial charge in [0, 0.05) is 43.9 Å². The highest BCUT2D eigenvalue weighted by Gasteiger charge is 2.51. The molecule has 0 unspecified atom stereocenters. The van der Waals surface area contributed by atoms with E-state index in [-0.39, 0.29) is 30.3 Å². The third kappa shape index (κ3) is 5.96. The molecular formula is C38H44N6O4S. The summed E-state index contributed by atoms with van der Waals surface area (Å²) < 4.78 is 13.9. The Morgan fingerprint density at radius 3 is 2.02 bits per heavy atom. The molecule has 1 saturated carbocycles. The van der Waals surface area contributed by atoms with Gasteiger partial charge in [-0.25, -0.2) is 19.6 Å². The first-order valence-electron chi connectivity index (χ1n) is 17.4. The number of hydrogen-bond acceptors (Lipinski definition) is 7. The Kier molecular flexibility index (Phi) is 7.55. The van der Waals surface area contributed by atoms with E-state index in [0.29, 0.717) is 12.5 Å². The molecular weight excluding hydrogens is 637 g/mol. The first kappa shape index (κ1) is 31.9. The second-order valence-corrected chi connectivity index (χ2v) is 16.9. The number of nitrogens with zero attached hydrogens (tertiary/aromatic N) is 4. The van der Waals surface area contributed by atoms with Gasteiger partial charge < -0.3 is 19.4 Å². The summed E-state index contributed by atoms with van der Waals surface area (Å²) in [6, 6.07) is 13.1. The number of aromatic amines is 2. The minimum atomic E-state index is -0.542. The van der Waals surface area contributed by atoms with Crippen LogP contribution in [0.1, 0.15) is 97.4 Å². The molecule has 10 nitrogen and oxygen atoms in total. The molecule has 2 amide bonds. The lowest BCUT2D eigenvalue weighted by atomic mass is 9.98. The van der Waals surface area contributed by atoms with Gasteiger partial charge >= 0.3 is 12.2 Å². The van der Waals surface area contributed by atoms with Crippen LogP contribution in [0.3, 0.4) is 0 Å². The number of thiophene rings is 1. The molecule has 1 aliphatic carbocycles. The van der Waals surface area contributed by atoms with Crippen molar-refractivity contribution in [1.82, 2.24) is 29.7 Å². The fourth-order valence-electron chi connectivity index (χ4n) is 7.91. The van der Waals surface area contributed by atoms with E-state index in [2.05, 4.69) is 46.4 Å². The third-order valence-electron chi connectivity index (χ3n) is 9.95. The molecule has 2 N–H and O–H groups in total. The molecule has 3 aromatic heterocycles. The van der Waals surface area contributed by atoms with Crippen LogP contribution in [0.4, 0.5) is 9.59 Å². The second-order valence-electron chi connectivity index (χ2n) is 15.8. The average molecular weight is 681 g/mol. The molecule has 2 aliphatic heterocycles. The van der Waals surface area contributed by atoms with Crippen LogP contribution in [0.25, 0.3) is 42.7 Å². The van der Waals surface area contributed by atoms with Gasteiger partial charge in [-0.1, -0.05) is 24.3 Å². The molecule has 2 aromatic carbocycles. The number of hydrogen-bond donors (Lipinski definition) is 2. The molecule has 3 fully saturated rings. The lowest BCUT2D eigenvalue weighted by Crippen LogP contribution is -2.43. The summed E-state index contributed by atoms with van der Waals surface area (Å²) in [6.45, 7) is 12.1.